The maximum absolute atomic E-state index is 3.55. The first kappa shape index (κ1) is 9.70. The van der Waals surface area contributed by atoms with Gasteiger partial charge in [-0.15, -0.1) is 13.2 Å². The van der Waals surface area contributed by atoms with Gasteiger partial charge < -0.3 is 0 Å². The topological polar surface area (TPSA) is 0 Å². The highest BCUT2D eigenvalue weighted by molar-refractivity contribution is 4.74. The third-order valence-corrected chi connectivity index (χ3v) is 0.575. The molecule has 0 aromatic heterocycles. The van der Waals surface area contributed by atoms with E-state index in [2.05, 4.69) is 13.2 Å². The first-order valence-electron chi connectivity index (χ1n) is 2.13. The van der Waals surface area contributed by atoms with Gasteiger partial charge in [-0.25, -0.2) is 0 Å². The quantitative estimate of drug-likeness (QED) is 0.376. The molecule has 42 valence electrons. The predicted molar refractivity (Wildman–Crippen MR) is 36.4 cm³/mol. The zero-order valence-corrected chi connectivity index (χ0v) is 3.98. The molecule has 0 nitrogen and oxygen atoms in total. The summed E-state index contributed by atoms with van der Waals surface area (Å²) in [5.41, 5.74) is 0. The molecule has 0 aliphatic rings. The second-order valence-corrected chi connectivity index (χ2v) is 1.15. The number of rotatable bonds is 3. The summed E-state index contributed by atoms with van der Waals surface area (Å²) < 4.78 is 0. The van der Waals surface area contributed by atoms with Crippen LogP contribution in [0.5, 0.6) is 0 Å². The Morgan fingerprint density at radius 1 is 1.00 bits per heavy atom. The van der Waals surface area contributed by atoms with Gasteiger partial charge in [0.15, 0.2) is 0 Å². The molecule has 0 N–H and O–H groups in total. The molecule has 7 heavy (non-hydrogen) atoms. The van der Waals surface area contributed by atoms with E-state index in [0.717, 1.165) is 12.8 Å². The Morgan fingerprint density at radius 3 is 1.43 bits per heavy atom. The average molecular weight is 98.2 g/mol. The summed E-state index contributed by atoms with van der Waals surface area (Å²) in [5, 5.41) is 0. The van der Waals surface area contributed by atoms with E-state index in [1.165, 1.54) is 0 Å². The van der Waals surface area contributed by atoms with Crippen molar-refractivity contribution >= 4 is 0 Å². The van der Waals surface area contributed by atoms with Crippen molar-refractivity contribution in [2.45, 2.75) is 20.3 Å². The number of hydrogen-bond donors (Lipinski definition) is 0. The zero-order valence-electron chi connectivity index (χ0n) is 3.98. The van der Waals surface area contributed by atoms with Gasteiger partial charge in [-0.1, -0.05) is 19.6 Å². The molecular weight excluding hydrogens is 84.1 g/mol. The maximum Gasteiger partial charge on any atom is -0.0319 e. The van der Waals surface area contributed by atoms with Gasteiger partial charge in [0.1, 0.15) is 0 Å². The highest BCUT2D eigenvalue weighted by Crippen LogP contribution is 1.86. The van der Waals surface area contributed by atoms with Crippen molar-refractivity contribution in [1.29, 1.82) is 0 Å². The highest BCUT2D eigenvalue weighted by atomic mass is 13.7. The molecule has 0 aromatic carbocycles. The van der Waals surface area contributed by atoms with Gasteiger partial charge in [-0.2, -0.15) is 0 Å². The van der Waals surface area contributed by atoms with Crippen LogP contribution in [0.1, 0.15) is 20.3 Å². The van der Waals surface area contributed by atoms with Crippen LogP contribution in [0.2, 0.25) is 0 Å². The number of allylic oxidation sites excluding steroid dienone is 2. The molecule has 0 saturated heterocycles. The summed E-state index contributed by atoms with van der Waals surface area (Å²) in [7, 11) is 0. The largest absolute Gasteiger partial charge is 0.103 e. The van der Waals surface area contributed by atoms with Crippen LogP contribution in [0, 0.1) is 0 Å². The molecule has 0 aromatic rings. The molecule has 0 amide bonds. The van der Waals surface area contributed by atoms with Crippen LogP contribution in [0.15, 0.2) is 25.3 Å². The lowest BCUT2D eigenvalue weighted by molar-refractivity contribution is 1.06. The monoisotopic (exact) mass is 98.1 g/mol. The number of hydrogen-bond acceptors (Lipinski definition) is 0. The van der Waals surface area contributed by atoms with E-state index in [1.54, 1.807) is 0 Å². The van der Waals surface area contributed by atoms with Gasteiger partial charge in [0, 0.05) is 0 Å². The first-order chi connectivity index (χ1) is 2.91. The van der Waals surface area contributed by atoms with Crippen LogP contribution in [-0.2, 0) is 0 Å². The summed E-state index contributed by atoms with van der Waals surface area (Å²) in [6, 6.07) is 0. The Balaban J connectivity index is 0. The smallest absolute Gasteiger partial charge is 0.0319 e. The van der Waals surface area contributed by atoms with Crippen molar-refractivity contribution < 1.29 is 0 Å². The fraction of sp³-hybridized carbons (Fsp3) is 0.429. The molecule has 0 unspecified atom stereocenters. The van der Waals surface area contributed by atoms with Crippen molar-refractivity contribution in [3.8, 4) is 0 Å². The van der Waals surface area contributed by atoms with Crippen LogP contribution in [0.3, 0.4) is 0 Å². The molecule has 0 saturated carbocycles. The Morgan fingerprint density at radius 2 is 1.29 bits per heavy atom. The lowest BCUT2D eigenvalue weighted by atomic mass is 10.3. The zero-order chi connectivity index (χ0) is 4.83. The molecule has 0 spiro atoms. The minimum Gasteiger partial charge on any atom is -0.103 e. The molecule has 0 bridgehead atoms. The normalized spacial score (nSPS) is 6.29. The van der Waals surface area contributed by atoms with Gasteiger partial charge in [0.25, 0.3) is 0 Å². The third-order valence-electron chi connectivity index (χ3n) is 0.575. The van der Waals surface area contributed by atoms with Crippen LogP contribution in [0.25, 0.3) is 0 Å². The van der Waals surface area contributed by atoms with Gasteiger partial charge in [-0.05, 0) is 12.8 Å². The highest BCUT2D eigenvalue weighted by Gasteiger charge is 1.66. The number of unbranched alkanes of at least 4 members (excludes halogenated alkanes) is 1. The van der Waals surface area contributed by atoms with Gasteiger partial charge in [0.05, 0.1) is 0 Å². The lowest BCUT2D eigenvalue weighted by Crippen LogP contribution is -1.56. The summed E-state index contributed by atoms with van der Waals surface area (Å²) in [6.07, 6.45) is 5.90. The Kier molecular flexibility index (Phi) is 12.6. The Hall–Kier alpha value is -0.520. The second kappa shape index (κ2) is 9.08. The first-order valence-corrected chi connectivity index (χ1v) is 2.13. The fourth-order valence-electron chi connectivity index (χ4n) is 0.236. The summed E-state index contributed by atoms with van der Waals surface area (Å²) >= 11 is 0. The van der Waals surface area contributed by atoms with Gasteiger partial charge >= 0.3 is 0 Å². The summed E-state index contributed by atoms with van der Waals surface area (Å²) in [5.74, 6) is 0. The van der Waals surface area contributed by atoms with Crippen LogP contribution in [-0.4, -0.2) is 0 Å². The van der Waals surface area contributed by atoms with E-state index in [4.69, 9.17) is 0 Å². The molecule has 0 rings (SSSR count). The molecule has 0 heterocycles. The second-order valence-electron chi connectivity index (χ2n) is 1.15. The van der Waals surface area contributed by atoms with Crippen molar-refractivity contribution in [2.75, 3.05) is 0 Å². The molecule has 0 atom stereocenters. The minimum absolute atomic E-state index is 0. The van der Waals surface area contributed by atoms with E-state index in [-0.39, 0.29) is 7.43 Å². The van der Waals surface area contributed by atoms with Crippen molar-refractivity contribution in [3.63, 3.8) is 0 Å². The standard InChI is InChI=1S/C6H10.CH4/c1-3-5-6-4-2;/h3-4H,1-2,5-6H2;1H4. The lowest BCUT2D eigenvalue weighted by Gasteiger charge is -1.76. The van der Waals surface area contributed by atoms with E-state index in [0.29, 0.717) is 0 Å². The SMILES string of the molecule is C.C=CCCC=C. The van der Waals surface area contributed by atoms with E-state index in [9.17, 15) is 0 Å². The van der Waals surface area contributed by atoms with Crippen LogP contribution >= 0.6 is 0 Å². The summed E-state index contributed by atoms with van der Waals surface area (Å²) in [4.78, 5) is 0. The molecule has 0 aliphatic heterocycles. The average Bonchev–Trinajstić information content (AvgIpc) is 1.61. The van der Waals surface area contributed by atoms with Crippen molar-refractivity contribution in [3.05, 3.63) is 25.3 Å². The van der Waals surface area contributed by atoms with Gasteiger partial charge in [-0.3, -0.25) is 0 Å². The van der Waals surface area contributed by atoms with Gasteiger partial charge in [0.2, 0.25) is 0 Å². The van der Waals surface area contributed by atoms with Crippen molar-refractivity contribution in [2.24, 2.45) is 0 Å². The molecule has 0 radical (unpaired) electrons. The molecule has 0 aliphatic carbocycles. The maximum atomic E-state index is 3.55. The molecular formula is C7H14. The van der Waals surface area contributed by atoms with E-state index in [1.807, 2.05) is 12.2 Å². The molecule has 0 fully saturated rings. The fourth-order valence-corrected chi connectivity index (χ4v) is 0.236. The molecule has 0 heteroatoms. The van der Waals surface area contributed by atoms with E-state index < -0.39 is 0 Å². The van der Waals surface area contributed by atoms with Crippen molar-refractivity contribution in [1.82, 2.24) is 0 Å². The van der Waals surface area contributed by atoms with Crippen LogP contribution < -0.4 is 0 Å². The minimum atomic E-state index is 0. The Labute approximate surface area is 46.6 Å². The predicted octanol–water partition coefficient (Wildman–Crippen LogP) is 2.77. The van der Waals surface area contributed by atoms with E-state index >= 15 is 0 Å². The third kappa shape index (κ3) is 10.8. The summed E-state index contributed by atoms with van der Waals surface area (Å²) in [6.45, 7) is 7.10. The van der Waals surface area contributed by atoms with Crippen LogP contribution in [0.4, 0.5) is 0 Å². The Bertz CT molecular complexity index is 36.0.